The number of ether oxygens (including phenoxy) is 1. The number of pyridine rings is 1. The summed E-state index contributed by atoms with van der Waals surface area (Å²) in [4.78, 5) is 38.9. The van der Waals surface area contributed by atoms with E-state index < -0.39 is 24.5 Å². The largest absolute Gasteiger partial charge is 0.451 e. The van der Waals surface area contributed by atoms with Crippen LogP contribution in [0, 0.1) is 0 Å². The molecule has 0 aromatic carbocycles. The Bertz CT molecular complexity index is 708. The minimum Gasteiger partial charge on any atom is -0.451 e. The Morgan fingerprint density at radius 1 is 1.16 bits per heavy atom. The van der Waals surface area contributed by atoms with Crippen molar-refractivity contribution in [3.63, 3.8) is 0 Å². The molecule has 1 aliphatic carbocycles. The van der Waals surface area contributed by atoms with Gasteiger partial charge in [0.25, 0.3) is 5.91 Å². The lowest BCUT2D eigenvalue weighted by atomic mass is 10.2. The molecule has 0 aliphatic heterocycles. The molecular formula is C14H15Cl3N4O4. The number of amides is 3. The maximum atomic E-state index is 11.9. The molecule has 0 atom stereocenters. The van der Waals surface area contributed by atoms with Crippen LogP contribution in [0.5, 0.6) is 0 Å². The number of carbonyl (C=O) groups excluding carboxylic acids is 3. The van der Waals surface area contributed by atoms with Crippen LogP contribution in [-0.4, -0.2) is 35.5 Å². The Hall–Kier alpha value is -1.77. The van der Waals surface area contributed by atoms with Crippen LogP contribution in [0.1, 0.15) is 36.2 Å². The van der Waals surface area contributed by atoms with Crippen LogP contribution in [-0.2, 0) is 9.53 Å². The van der Waals surface area contributed by atoms with E-state index in [2.05, 4.69) is 15.6 Å². The number of esters is 1. The number of anilines is 1. The molecule has 4 N–H and O–H groups in total. The third kappa shape index (κ3) is 5.10. The molecular weight excluding hydrogens is 395 g/mol. The predicted molar refractivity (Wildman–Crippen MR) is 92.9 cm³/mol. The van der Waals surface area contributed by atoms with Crippen LogP contribution in [0.3, 0.4) is 0 Å². The Morgan fingerprint density at radius 3 is 2.44 bits per heavy atom. The standard InChI is InChI=1S/C14H15Cl3N4O4/c15-8-10(18)9(16)12(17)21-11(8)13(23)25-5-7(22)20-14(24)19-6-3-1-2-4-6/h6H,1-5H2,(H2,18,21)(H2,19,20,22,24). The van der Waals surface area contributed by atoms with Crippen LogP contribution in [0.25, 0.3) is 0 Å². The molecule has 0 bridgehead atoms. The van der Waals surface area contributed by atoms with E-state index in [9.17, 15) is 14.4 Å². The Labute approximate surface area is 158 Å². The average Bonchev–Trinajstić information content (AvgIpc) is 3.06. The Kier molecular flexibility index (Phi) is 6.69. The first kappa shape index (κ1) is 19.6. The number of nitrogens with zero attached hydrogens (tertiary/aromatic N) is 1. The van der Waals surface area contributed by atoms with Crippen molar-refractivity contribution in [3.05, 3.63) is 20.9 Å². The molecule has 1 aliphatic rings. The minimum absolute atomic E-state index is 0.0533. The molecule has 0 unspecified atom stereocenters. The summed E-state index contributed by atoms with van der Waals surface area (Å²) < 4.78 is 4.76. The highest BCUT2D eigenvalue weighted by molar-refractivity contribution is 6.46. The van der Waals surface area contributed by atoms with E-state index >= 15 is 0 Å². The first-order valence-corrected chi connectivity index (χ1v) is 8.50. The van der Waals surface area contributed by atoms with Crippen molar-refractivity contribution >= 4 is 58.4 Å². The normalized spacial score (nSPS) is 14.2. The molecule has 1 aromatic rings. The lowest BCUT2D eigenvalue weighted by Crippen LogP contribution is -2.45. The summed E-state index contributed by atoms with van der Waals surface area (Å²) in [6.07, 6.45) is 3.83. The summed E-state index contributed by atoms with van der Waals surface area (Å²) in [5.74, 6) is -1.82. The average molecular weight is 410 g/mol. The van der Waals surface area contributed by atoms with E-state index in [1.54, 1.807) is 0 Å². The smallest absolute Gasteiger partial charge is 0.359 e. The van der Waals surface area contributed by atoms with E-state index in [4.69, 9.17) is 45.3 Å². The second kappa shape index (κ2) is 8.55. The van der Waals surface area contributed by atoms with E-state index in [1.807, 2.05) is 0 Å². The molecule has 0 spiro atoms. The van der Waals surface area contributed by atoms with E-state index in [0.29, 0.717) is 0 Å². The van der Waals surface area contributed by atoms with Gasteiger partial charge < -0.3 is 15.8 Å². The molecule has 0 saturated heterocycles. The summed E-state index contributed by atoms with van der Waals surface area (Å²) in [5.41, 5.74) is 5.09. The van der Waals surface area contributed by atoms with Crippen molar-refractivity contribution in [2.45, 2.75) is 31.7 Å². The number of nitrogens with two attached hydrogens (primary N) is 1. The van der Waals surface area contributed by atoms with Crippen LogP contribution in [0.4, 0.5) is 10.5 Å². The second-order valence-electron chi connectivity index (χ2n) is 5.37. The fourth-order valence-electron chi connectivity index (χ4n) is 2.32. The maximum absolute atomic E-state index is 11.9. The van der Waals surface area contributed by atoms with Crippen molar-refractivity contribution in [1.29, 1.82) is 0 Å². The molecule has 8 nitrogen and oxygen atoms in total. The predicted octanol–water partition coefficient (Wildman–Crippen LogP) is 2.55. The van der Waals surface area contributed by atoms with Gasteiger partial charge in [0.1, 0.15) is 5.02 Å². The van der Waals surface area contributed by atoms with Crippen molar-refractivity contribution in [2.24, 2.45) is 0 Å². The molecule has 1 fully saturated rings. The van der Waals surface area contributed by atoms with E-state index in [1.165, 1.54) is 0 Å². The van der Waals surface area contributed by atoms with Gasteiger partial charge in [0.15, 0.2) is 17.5 Å². The number of halogens is 3. The van der Waals surface area contributed by atoms with Crippen molar-refractivity contribution in [3.8, 4) is 0 Å². The van der Waals surface area contributed by atoms with Gasteiger partial charge in [-0.3, -0.25) is 10.1 Å². The number of nitrogens with one attached hydrogen (secondary N) is 2. The highest BCUT2D eigenvalue weighted by atomic mass is 35.5. The van der Waals surface area contributed by atoms with Crippen LogP contribution in [0.2, 0.25) is 15.2 Å². The van der Waals surface area contributed by atoms with Gasteiger partial charge in [0, 0.05) is 6.04 Å². The van der Waals surface area contributed by atoms with Gasteiger partial charge in [-0.05, 0) is 12.8 Å². The van der Waals surface area contributed by atoms with Gasteiger partial charge in [-0.15, -0.1) is 0 Å². The zero-order chi connectivity index (χ0) is 18.6. The van der Waals surface area contributed by atoms with Crippen LogP contribution >= 0.6 is 34.8 Å². The number of hydrogen-bond acceptors (Lipinski definition) is 6. The number of rotatable bonds is 4. The fourth-order valence-corrected chi connectivity index (χ4v) is 2.91. The molecule has 11 heteroatoms. The molecule has 0 radical (unpaired) electrons. The number of carbonyl (C=O) groups is 3. The van der Waals surface area contributed by atoms with Crippen LogP contribution in [0.15, 0.2) is 0 Å². The lowest BCUT2D eigenvalue weighted by molar-refractivity contribution is -0.123. The zero-order valence-electron chi connectivity index (χ0n) is 12.9. The summed E-state index contributed by atoms with van der Waals surface area (Å²) in [6.45, 7) is -0.699. The molecule has 136 valence electrons. The highest BCUT2D eigenvalue weighted by Gasteiger charge is 2.22. The van der Waals surface area contributed by atoms with Crippen molar-refractivity contribution < 1.29 is 19.1 Å². The first-order chi connectivity index (χ1) is 11.8. The summed E-state index contributed by atoms with van der Waals surface area (Å²) >= 11 is 17.3. The number of imide groups is 1. The first-order valence-electron chi connectivity index (χ1n) is 7.37. The molecule has 1 saturated carbocycles. The van der Waals surface area contributed by atoms with E-state index in [-0.39, 0.29) is 32.6 Å². The van der Waals surface area contributed by atoms with Gasteiger partial charge in [-0.25, -0.2) is 14.6 Å². The number of hydrogen-bond donors (Lipinski definition) is 3. The van der Waals surface area contributed by atoms with Crippen molar-refractivity contribution in [1.82, 2.24) is 15.6 Å². The molecule has 25 heavy (non-hydrogen) atoms. The number of nitrogen functional groups attached to an aromatic ring is 1. The van der Waals surface area contributed by atoms with Crippen LogP contribution < -0.4 is 16.4 Å². The third-order valence-electron chi connectivity index (χ3n) is 3.54. The summed E-state index contributed by atoms with van der Waals surface area (Å²) in [6, 6.07) is -0.583. The zero-order valence-corrected chi connectivity index (χ0v) is 15.2. The quantitative estimate of drug-likeness (QED) is 0.518. The minimum atomic E-state index is -1.03. The summed E-state index contributed by atoms with van der Waals surface area (Å²) in [5, 5.41) is 4.18. The lowest BCUT2D eigenvalue weighted by Gasteiger charge is -2.12. The molecule has 2 rings (SSSR count). The van der Waals surface area contributed by atoms with Gasteiger partial charge in [0.2, 0.25) is 0 Å². The topological polar surface area (TPSA) is 123 Å². The number of aromatic nitrogens is 1. The SMILES string of the molecule is Nc1c(Cl)c(Cl)nc(C(=O)OCC(=O)NC(=O)NC2CCCC2)c1Cl. The van der Waals surface area contributed by atoms with Gasteiger partial charge in [0.05, 0.1) is 10.7 Å². The molecule has 1 heterocycles. The van der Waals surface area contributed by atoms with Crippen molar-refractivity contribution in [2.75, 3.05) is 12.3 Å². The fraction of sp³-hybridized carbons (Fsp3) is 0.429. The monoisotopic (exact) mass is 408 g/mol. The Morgan fingerprint density at radius 2 is 1.80 bits per heavy atom. The molecule has 1 aromatic heterocycles. The number of urea groups is 1. The van der Waals surface area contributed by atoms with E-state index in [0.717, 1.165) is 25.7 Å². The van der Waals surface area contributed by atoms with Gasteiger partial charge in [-0.1, -0.05) is 47.6 Å². The van der Waals surface area contributed by atoms with Gasteiger partial charge in [-0.2, -0.15) is 0 Å². The summed E-state index contributed by atoms with van der Waals surface area (Å²) in [7, 11) is 0. The molecule has 3 amide bonds. The maximum Gasteiger partial charge on any atom is 0.359 e. The highest BCUT2D eigenvalue weighted by Crippen LogP contribution is 2.34. The third-order valence-corrected chi connectivity index (χ3v) is 4.68. The second-order valence-corrected chi connectivity index (χ2v) is 6.49. The Balaban J connectivity index is 1.87. The van der Waals surface area contributed by atoms with Gasteiger partial charge >= 0.3 is 12.0 Å².